The van der Waals surface area contributed by atoms with E-state index in [-0.39, 0.29) is 0 Å². The molecule has 0 atom stereocenters. The van der Waals surface area contributed by atoms with Crippen molar-refractivity contribution >= 4 is 17.4 Å². The standard InChI is InChI=1S/C12H15NO2/c1-4-10-6-5-7-11(8-10)13(3)12(15)9(2)14/h5-8H,4H2,1-3H3. The van der Waals surface area contributed by atoms with Crippen molar-refractivity contribution in [3.05, 3.63) is 29.8 Å². The van der Waals surface area contributed by atoms with E-state index in [9.17, 15) is 9.59 Å². The van der Waals surface area contributed by atoms with Gasteiger partial charge < -0.3 is 4.90 Å². The maximum Gasteiger partial charge on any atom is 0.293 e. The molecule has 15 heavy (non-hydrogen) atoms. The van der Waals surface area contributed by atoms with E-state index in [1.807, 2.05) is 31.2 Å². The molecular weight excluding hydrogens is 190 g/mol. The molecule has 1 rings (SSSR count). The molecule has 3 heteroatoms. The van der Waals surface area contributed by atoms with Gasteiger partial charge in [0.05, 0.1) is 0 Å². The van der Waals surface area contributed by atoms with E-state index in [4.69, 9.17) is 0 Å². The fraction of sp³-hybridized carbons (Fsp3) is 0.333. The van der Waals surface area contributed by atoms with E-state index in [2.05, 4.69) is 0 Å². The van der Waals surface area contributed by atoms with Crippen LogP contribution in [-0.4, -0.2) is 18.7 Å². The summed E-state index contributed by atoms with van der Waals surface area (Å²) in [6, 6.07) is 7.62. The van der Waals surface area contributed by atoms with Crippen molar-refractivity contribution in [2.75, 3.05) is 11.9 Å². The first kappa shape index (κ1) is 11.4. The largest absolute Gasteiger partial charge is 0.309 e. The lowest BCUT2D eigenvalue weighted by Crippen LogP contribution is -2.31. The van der Waals surface area contributed by atoms with Crippen LogP contribution in [0.2, 0.25) is 0 Å². The lowest BCUT2D eigenvalue weighted by molar-refractivity contribution is -0.134. The minimum atomic E-state index is -0.483. The number of aryl methyl sites for hydroxylation is 1. The summed E-state index contributed by atoms with van der Waals surface area (Å²) in [7, 11) is 1.61. The van der Waals surface area contributed by atoms with Crippen molar-refractivity contribution < 1.29 is 9.59 Å². The first-order valence-corrected chi connectivity index (χ1v) is 4.93. The quantitative estimate of drug-likeness (QED) is 0.706. The van der Waals surface area contributed by atoms with Crippen molar-refractivity contribution in [2.24, 2.45) is 0 Å². The third-order valence-electron chi connectivity index (χ3n) is 2.31. The Bertz CT molecular complexity index is 385. The van der Waals surface area contributed by atoms with Crippen molar-refractivity contribution in [1.29, 1.82) is 0 Å². The molecule has 0 aliphatic carbocycles. The second-order valence-electron chi connectivity index (χ2n) is 3.44. The van der Waals surface area contributed by atoms with Crippen LogP contribution >= 0.6 is 0 Å². The smallest absolute Gasteiger partial charge is 0.293 e. The van der Waals surface area contributed by atoms with Gasteiger partial charge in [-0.1, -0.05) is 19.1 Å². The Labute approximate surface area is 89.7 Å². The highest BCUT2D eigenvalue weighted by atomic mass is 16.2. The summed E-state index contributed by atoms with van der Waals surface area (Å²) in [5.41, 5.74) is 1.91. The predicted octanol–water partition coefficient (Wildman–Crippen LogP) is 1.80. The summed E-state index contributed by atoms with van der Waals surface area (Å²) in [6.45, 7) is 3.33. The van der Waals surface area contributed by atoms with E-state index in [1.165, 1.54) is 11.8 Å². The van der Waals surface area contributed by atoms with Crippen LogP contribution in [0, 0.1) is 0 Å². The van der Waals surface area contributed by atoms with E-state index in [0.29, 0.717) is 0 Å². The number of amides is 1. The lowest BCUT2D eigenvalue weighted by atomic mass is 10.1. The summed E-state index contributed by atoms with van der Waals surface area (Å²) in [5, 5.41) is 0. The summed E-state index contributed by atoms with van der Waals surface area (Å²) in [6.07, 6.45) is 0.913. The molecule has 0 saturated heterocycles. The maximum atomic E-state index is 11.4. The minimum Gasteiger partial charge on any atom is -0.309 e. The molecule has 0 N–H and O–H groups in total. The molecule has 1 aromatic rings. The molecular formula is C12H15NO2. The Balaban J connectivity index is 2.95. The van der Waals surface area contributed by atoms with Crippen LogP contribution in [0.1, 0.15) is 19.4 Å². The van der Waals surface area contributed by atoms with Crippen molar-refractivity contribution in [1.82, 2.24) is 0 Å². The highest BCUT2D eigenvalue weighted by Crippen LogP contribution is 2.15. The molecule has 0 saturated carbocycles. The molecule has 0 fully saturated rings. The molecule has 3 nitrogen and oxygen atoms in total. The van der Waals surface area contributed by atoms with Crippen LogP contribution in [-0.2, 0) is 16.0 Å². The van der Waals surface area contributed by atoms with E-state index in [0.717, 1.165) is 17.7 Å². The third kappa shape index (κ3) is 2.65. The van der Waals surface area contributed by atoms with Crippen LogP contribution in [0.5, 0.6) is 0 Å². The fourth-order valence-corrected chi connectivity index (χ4v) is 1.34. The zero-order valence-electron chi connectivity index (χ0n) is 9.28. The molecule has 0 spiro atoms. The Morgan fingerprint density at radius 2 is 2.00 bits per heavy atom. The van der Waals surface area contributed by atoms with Gasteiger partial charge in [-0.2, -0.15) is 0 Å². The number of ketones is 1. The molecule has 0 bridgehead atoms. The number of carbonyl (C=O) groups excluding carboxylic acids is 2. The Morgan fingerprint density at radius 3 is 2.53 bits per heavy atom. The van der Waals surface area contributed by atoms with Gasteiger partial charge in [0.25, 0.3) is 5.91 Å². The van der Waals surface area contributed by atoms with Gasteiger partial charge in [0, 0.05) is 19.7 Å². The van der Waals surface area contributed by atoms with Crippen LogP contribution in [0.3, 0.4) is 0 Å². The Hall–Kier alpha value is -1.64. The van der Waals surface area contributed by atoms with Crippen molar-refractivity contribution in [3.63, 3.8) is 0 Å². The maximum absolute atomic E-state index is 11.4. The monoisotopic (exact) mass is 205 g/mol. The highest BCUT2D eigenvalue weighted by molar-refractivity contribution is 6.40. The summed E-state index contributed by atoms with van der Waals surface area (Å²) >= 11 is 0. The predicted molar refractivity (Wildman–Crippen MR) is 59.9 cm³/mol. The van der Waals surface area contributed by atoms with Crippen molar-refractivity contribution in [2.45, 2.75) is 20.3 Å². The second-order valence-corrected chi connectivity index (χ2v) is 3.44. The van der Waals surface area contributed by atoms with Gasteiger partial charge in [0.1, 0.15) is 0 Å². The van der Waals surface area contributed by atoms with E-state index < -0.39 is 11.7 Å². The lowest BCUT2D eigenvalue weighted by Gasteiger charge is -2.16. The van der Waals surface area contributed by atoms with Crippen LogP contribution in [0.15, 0.2) is 24.3 Å². The SMILES string of the molecule is CCc1cccc(N(C)C(=O)C(C)=O)c1. The molecule has 0 unspecified atom stereocenters. The zero-order valence-corrected chi connectivity index (χ0v) is 9.28. The average Bonchev–Trinajstić information content (AvgIpc) is 2.27. The number of benzene rings is 1. The van der Waals surface area contributed by atoms with E-state index in [1.54, 1.807) is 7.05 Å². The van der Waals surface area contributed by atoms with E-state index >= 15 is 0 Å². The number of anilines is 1. The Morgan fingerprint density at radius 1 is 1.33 bits per heavy atom. The summed E-state index contributed by atoms with van der Waals surface area (Å²) in [4.78, 5) is 23.7. The summed E-state index contributed by atoms with van der Waals surface area (Å²) in [5.74, 6) is -0.928. The Kier molecular flexibility index (Phi) is 3.61. The zero-order chi connectivity index (χ0) is 11.4. The third-order valence-corrected chi connectivity index (χ3v) is 2.31. The number of hydrogen-bond donors (Lipinski definition) is 0. The van der Waals surface area contributed by atoms with Gasteiger partial charge in [-0.15, -0.1) is 0 Å². The number of likely N-dealkylation sites (N-methyl/N-ethyl adjacent to an activating group) is 1. The molecule has 0 aliphatic rings. The normalized spacial score (nSPS) is 9.80. The van der Waals surface area contributed by atoms with Crippen LogP contribution in [0.4, 0.5) is 5.69 Å². The second kappa shape index (κ2) is 4.73. The van der Waals surface area contributed by atoms with Gasteiger partial charge in [0.2, 0.25) is 5.78 Å². The minimum absolute atomic E-state index is 0.445. The van der Waals surface area contributed by atoms with Crippen molar-refractivity contribution in [3.8, 4) is 0 Å². The fourth-order valence-electron chi connectivity index (χ4n) is 1.34. The molecule has 0 aliphatic heterocycles. The number of rotatable bonds is 3. The molecule has 80 valence electrons. The van der Waals surface area contributed by atoms with Gasteiger partial charge in [-0.05, 0) is 24.1 Å². The highest BCUT2D eigenvalue weighted by Gasteiger charge is 2.15. The molecule has 1 amide bonds. The molecule has 1 aromatic carbocycles. The average molecular weight is 205 g/mol. The number of hydrogen-bond acceptors (Lipinski definition) is 2. The first-order valence-electron chi connectivity index (χ1n) is 4.93. The topological polar surface area (TPSA) is 37.4 Å². The van der Waals surface area contributed by atoms with Crippen LogP contribution in [0.25, 0.3) is 0 Å². The van der Waals surface area contributed by atoms with Gasteiger partial charge >= 0.3 is 0 Å². The first-order chi connectivity index (χ1) is 7.06. The molecule has 0 radical (unpaired) electrons. The molecule has 0 aromatic heterocycles. The number of nitrogens with zero attached hydrogens (tertiary/aromatic N) is 1. The summed E-state index contributed by atoms with van der Waals surface area (Å²) < 4.78 is 0. The van der Waals surface area contributed by atoms with Gasteiger partial charge in [0.15, 0.2) is 0 Å². The van der Waals surface area contributed by atoms with Gasteiger partial charge in [-0.25, -0.2) is 0 Å². The van der Waals surface area contributed by atoms with Crippen LogP contribution < -0.4 is 4.90 Å². The number of carbonyl (C=O) groups is 2. The van der Waals surface area contributed by atoms with Gasteiger partial charge in [-0.3, -0.25) is 9.59 Å². The number of Topliss-reactive ketones (excluding diaryl/α,β-unsaturated/α-hetero) is 1. The molecule has 0 heterocycles.